The second-order valence-corrected chi connectivity index (χ2v) is 9.44. The van der Waals surface area contributed by atoms with E-state index in [-0.39, 0.29) is 28.3 Å². The van der Waals surface area contributed by atoms with Gasteiger partial charge in [-0.3, -0.25) is 29.4 Å². The van der Waals surface area contributed by atoms with Crippen molar-refractivity contribution in [1.82, 2.24) is 4.90 Å². The fraction of sp³-hybridized carbons (Fsp3) is 0.348. The number of nitro groups is 1. The van der Waals surface area contributed by atoms with Crippen molar-refractivity contribution in [2.45, 2.75) is 31.3 Å². The van der Waals surface area contributed by atoms with E-state index in [0.29, 0.717) is 18.7 Å². The van der Waals surface area contributed by atoms with Gasteiger partial charge in [-0.2, -0.15) is 0 Å². The highest BCUT2D eigenvalue weighted by molar-refractivity contribution is 6.33. The number of carbonyl (C=O) groups excluding carboxylic acids is 3. The van der Waals surface area contributed by atoms with Crippen LogP contribution in [0.25, 0.3) is 0 Å². The standard InChI is InChI=1S/C23H19ClN4O5/c1-11-4-2-5-13-19(11)25-22(31)23(13)18-17(15-6-3-9-26(15)23)20(29)27(21(18)30)12-7-8-14(24)16(10-12)28(32)33/h2,4-5,7-8,10,15,17-18H,3,6,9H2,1H3,(H,25,31)/t15-,17+,18-,23-/m0/s1. The van der Waals surface area contributed by atoms with Crippen LogP contribution in [0, 0.1) is 28.9 Å². The quantitative estimate of drug-likeness (QED) is 0.413. The van der Waals surface area contributed by atoms with Crippen LogP contribution < -0.4 is 10.2 Å². The summed E-state index contributed by atoms with van der Waals surface area (Å²) < 4.78 is 0. The molecule has 2 aromatic rings. The number of aryl methyl sites for hydroxylation is 1. The van der Waals surface area contributed by atoms with Crippen molar-refractivity contribution < 1.29 is 19.3 Å². The van der Waals surface area contributed by atoms with Crippen LogP contribution in [0.2, 0.25) is 5.02 Å². The number of para-hydroxylation sites is 1. The predicted molar refractivity (Wildman–Crippen MR) is 119 cm³/mol. The third kappa shape index (κ3) is 2.33. The molecule has 4 atom stereocenters. The Morgan fingerprint density at radius 2 is 1.97 bits per heavy atom. The Morgan fingerprint density at radius 1 is 1.18 bits per heavy atom. The lowest BCUT2D eigenvalue weighted by Gasteiger charge is -2.36. The molecule has 0 aromatic heterocycles. The topological polar surface area (TPSA) is 113 Å². The second kappa shape index (κ2) is 6.61. The van der Waals surface area contributed by atoms with Gasteiger partial charge in [0.1, 0.15) is 10.6 Å². The number of nitrogens with one attached hydrogen (secondary N) is 1. The van der Waals surface area contributed by atoms with E-state index in [2.05, 4.69) is 5.32 Å². The lowest BCUT2D eigenvalue weighted by atomic mass is 9.75. The number of nitro benzene ring substituents is 1. The number of benzene rings is 2. The predicted octanol–water partition coefficient (Wildman–Crippen LogP) is 2.99. The van der Waals surface area contributed by atoms with Crippen LogP contribution in [0.15, 0.2) is 36.4 Å². The van der Waals surface area contributed by atoms with Crippen molar-refractivity contribution in [3.63, 3.8) is 0 Å². The summed E-state index contributed by atoms with van der Waals surface area (Å²) in [5, 5.41) is 14.3. The smallest absolute Gasteiger partial charge is 0.289 e. The molecule has 3 saturated heterocycles. The Balaban J connectivity index is 1.54. The minimum Gasteiger partial charge on any atom is -0.324 e. The number of carbonyl (C=O) groups is 3. The average Bonchev–Trinajstić information content (AvgIpc) is 3.48. The summed E-state index contributed by atoms with van der Waals surface area (Å²) in [6.45, 7) is 2.51. The summed E-state index contributed by atoms with van der Waals surface area (Å²) in [5.74, 6) is -2.85. The van der Waals surface area contributed by atoms with Gasteiger partial charge in [-0.1, -0.05) is 29.8 Å². The van der Waals surface area contributed by atoms with Gasteiger partial charge in [-0.25, -0.2) is 4.90 Å². The largest absolute Gasteiger partial charge is 0.324 e. The molecule has 168 valence electrons. The van der Waals surface area contributed by atoms with Crippen molar-refractivity contribution >= 4 is 46.4 Å². The lowest BCUT2D eigenvalue weighted by molar-refractivity contribution is -0.384. The zero-order chi connectivity index (χ0) is 23.2. The van der Waals surface area contributed by atoms with Crippen LogP contribution in [-0.4, -0.2) is 40.1 Å². The Labute approximate surface area is 193 Å². The molecular weight excluding hydrogens is 448 g/mol. The van der Waals surface area contributed by atoms with Gasteiger partial charge in [0, 0.05) is 23.4 Å². The summed E-state index contributed by atoms with van der Waals surface area (Å²) in [4.78, 5) is 55.0. The Hall–Kier alpha value is -3.30. The molecule has 1 N–H and O–H groups in total. The van der Waals surface area contributed by atoms with Crippen LogP contribution in [0.4, 0.5) is 17.1 Å². The lowest BCUT2D eigenvalue weighted by Crippen LogP contribution is -2.54. The maximum atomic E-state index is 13.9. The zero-order valence-electron chi connectivity index (χ0n) is 17.6. The summed E-state index contributed by atoms with van der Waals surface area (Å²) in [6.07, 6.45) is 1.52. The van der Waals surface area contributed by atoms with E-state index < -0.39 is 34.1 Å². The van der Waals surface area contributed by atoms with E-state index >= 15 is 0 Å². The van der Waals surface area contributed by atoms with Gasteiger partial charge in [0.2, 0.25) is 17.7 Å². The van der Waals surface area contributed by atoms with Crippen LogP contribution >= 0.6 is 11.6 Å². The van der Waals surface area contributed by atoms with E-state index in [1.54, 1.807) is 0 Å². The molecule has 4 heterocycles. The SMILES string of the molecule is Cc1cccc2c1NC(=O)[C@@]21[C@@H]2C(=O)N(c3ccc(Cl)c([N+](=O)[O-])c3)C(=O)[C@@H]2[C@@H]2CCCN21. The first-order chi connectivity index (χ1) is 15.8. The highest BCUT2D eigenvalue weighted by Crippen LogP contribution is 2.61. The van der Waals surface area contributed by atoms with Gasteiger partial charge in [0.15, 0.2) is 0 Å². The van der Waals surface area contributed by atoms with E-state index in [4.69, 9.17) is 11.6 Å². The Bertz CT molecular complexity index is 1300. The van der Waals surface area contributed by atoms with Gasteiger partial charge in [-0.05, 0) is 44.0 Å². The van der Waals surface area contributed by atoms with E-state index in [1.807, 2.05) is 30.0 Å². The first-order valence-electron chi connectivity index (χ1n) is 10.8. The number of halogens is 1. The number of amides is 3. The summed E-state index contributed by atoms with van der Waals surface area (Å²) >= 11 is 5.94. The second-order valence-electron chi connectivity index (χ2n) is 9.03. The van der Waals surface area contributed by atoms with Crippen LogP contribution in [0.5, 0.6) is 0 Å². The number of fused-ring (bicyclic) bond motifs is 7. The molecule has 4 aliphatic rings. The Morgan fingerprint density at radius 3 is 2.73 bits per heavy atom. The molecule has 3 fully saturated rings. The maximum Gasteiger partial charge on any atom is 0.289 e. The van der Waals surface area contributed by atoms with E-state index in [1.165, 1.54) is 12.1 Å². The molecular formula is C23H19ClN4O5. The molecule has 9 nitrogen and oxygen atoms in total. The molecule has 1 spiro atoms. The first-order valence-corrected chi connectivity index (χ1v) is 11.2. The molecule has 0 unspecified atom stereocenters. The summed E-state index contributed by atoms with van der Waals surface area (Å²) in [7, 11) is 0. The molecule has 0 radical (unpaired) electrons. The first kappa shape index (κ1) is 20.3. The van der Waals surface area contributed by atoms with Crippen molar-refractivity contribution in [2.75, 3.05) is 16.8 Å². The molecule has 4 aliphatic heterocycles. The molecule has 0 bridgehead atoms. The molecule has 33 heavy (non-hydrogen) atoms. The van der Waals surface area contributed by atoms with Crippen molar-refractivity contribution in [3.8, 4) is 0 Å². The summed E-state index contributed by atoms with van der Waals surface area (Å²) in [5.41, 5.74) is 0.736. The van der Waals surface area contributed by atoms with Gasteiger partial charge < -0.3 is 5.32 Å². The molecule has 3 amide bonds. The zero-order valence-corrected chi connectivity index (χ0v) is 18.3. The van der Waals surface area contributed by atoms with Crippen LogP contribution in [0.3, 0.4) is 0 Å². The molecule has 0 saturated carbocycles. The normalized spacial score (nSPS) is 30.1. The number of hydrogen-bond acceptors (Lipinski definition) is 6. The number of nitrogens with zero attached hydrogens (tertiary/aromatic N) is 3. The highest BCUT2D eigenvalue weighted by Gasteiger charge is 2.74. The fourth-order valence-electron chi connectivity index (χ4n) is 6.41. The summed E-state index contributed by atoms with van der Waals surface area (Å²) in [6, 6.07) is 9.23. The van der Waals surface area contributed by atoms with Gasteiger partial charge in [0.25, 0.3) is 5.69 Å². The van der Waals surface area contributed by atoms with Gasteiger partial charge in [0.05, 0.1) is 22.4 Å². The highest BCUT2D eigenvalue weighted by atomic mass is 35.5. The minimum atomic E-state index is -1.27. The molecule has 6 rings (SSSR count). The van der Waals surface area contributed by atoms with Gasteiger partial charge in [-0.15, -0.1) is 0 Å². The maximum absolute atomic E-state index is 13.9. The third-order valence-electron chi connectivity index (χ3n) is 7.62. The van der Waals surface area contributed by atoms with Crippen molar-refractivity contribution in [1.29, 1.82) is 0 Å². The molecule has 10 heteroatoms. The fourth-order valence-corrected chi connectivity index (χ4v) is 6.60. The third-order valence-corrected chi connectivity index (χ3v) is 7.94. The van der Waals surface area contributed by atoms with Gasteiger partial charge >= 0.3 is 0 Å². The average molecular weight is 467 g/mol. The minimum absolute atomic E-state index is 0.0824. The molecule has 2 aromatic carbocycles. The Kier molecular flexibility index (Phi) is 4.07. The van der Waals surface area contributed by atoms with E-state index in [0.717, 1.165) is 28.5 Å². The van der Waals surface area contributed by atoms with Crippen LogP contribution in [-0.2, 0) is 19.9 Å². The van der Waals surface area contributed by atoms with Crippen molar-refractivity contribution in [3.05, 3.63) is 62.7 Å². The van der Waals surface area contributed by atoms with Crippen molar-refractivity contribution in [2.24, 2.45) is 11.8 Å². The molecule has 0 aliphatic carbocycles. The number of anilines is 2. The monoisotopic (exact) mass is 466 g/mol. The number of rotatable bonds is 2. The van der Waals surface area contributed by atoms with E-state index in [9.17, 15) is 24.5 Å². The number of imide groups is 1. The number of hydrogen-bond donors (Lipinski definition) is 1. The van der Waals surface area contributed by atoms with Crippen LogP contribution in [0.1, 0.15) is 24.0 Å².